The van der Waals surface area contributed by atoms with Crippen LogP contribution in [0.3, 0.4) is 0 Å². The standard InChI is InChI=1S/C23H27N3O6/c1-6-26(22(27)9-14-7-8-15(29-2)10-18(14)30-3)13-21-24-17-12-20(32-5)19(31-4)11-16(17)23(28)25-21/h7-8,10-12H,6,9,13H2,1-5H3,(H,24,25,28). The number of carbonyl (C=O) groups excluding carboxylic acids is 1. The van der Waals surface area contributed by atoms with Crippen LogP contribution in [0.4, 0.5) is 0 Å². The largest absolute Gasteiger partial charge is 0.497 e. The maximum atomic E-state index is 13.0. The van der Waals surface area contributed by atoms with Crippen molar-refractivity contribution in [3.8, 4) is 23.0 Å². The predicted molar refractivity (Wildman–Crippen MR) is 120 cm³/mol. The molecule has 0 saturated carbocycles. The third-order valence-electron chi connectivity index (χ3n) is 5.17. The number of likely N-dealkylation sites (N-methyl/N-ethyl adjacent to an activating group) is 1. The van der Waals surface area contributed by atoms with E-state index in [1.165, 1.54) is 14.2 Å². The van der Waals surface area contributed by atoms with E-state index in [-0.39, 0.29) is 24.4 Å². The molecule has 3 rings (SSSR count). The highest BCUT2D eigenvalue weighted by Gasteiger charge is 2.18. The number of H-pyrrole nitrogens is 1. The quantitative estimate of drug-likeness (QED) is 0.544. The van der Waals surface area contributed by atoms with Gasteiger partial charge in [0, 0.05) is 24.2 Å². The molecule has 0 saturated heterocycles. The number of amides is 1. The summed E-state index contributed by atoms with van der Waals surface area (Å²) >= 11 is 0. The SMILES string of the molecule is CCN(Cc1nc2cc(OC)c(OC)cc2c(=O)[nH]1)C(=O)Cc1ccc(OC)cc1OC. The van der Waals surface area contributed by atoms with E-state index in [1.807, 2.05) is 6.92 Å². The second kappa shape index (κ2) is 10.0. The topological polar surface area (TPSA) is 103 Å². The van der Waals surface area contributed by atoms with Crippen LogP contribution in [0.2, 0.25) is 0 Å². The minimum Gasteiger partial charge on any atom is -0.497 e. The maximum absolute atomic E-state index is 13.0. The maximum Gasteiger partial charge on any atom is 0.258 e. The molecule has 9 heteroatoms. The number of hydrogen-bond acceptors (Lipinski definition) is 7. The first-order chi connectivity index (χ1) is 15.4. The van der Waals surface area contributed by atoms with Crippen molar-refractivity contribution in [2.24, 2.45) is 0 Å². The van der Waals surface area contributed by atoms with Crippen LogP contribution in [-0.2, 0) is 17.8 Å². The number of ether oxygens (including phenoxy) is 4. The lowest BCUT2D eigenvalue weighted by atomic mass is 10.1. The molecule has 3 aromatic rings. The van der Waals surface area contributed by atoms with E-state index in [1.54, 1.807) is 49.5 Å². The van der Waals surface area contributed by atoms with Crippen LogP contribution >= 0.6 is 0 Å². The molecule has 0 spiro atoms. The summed E-state index contributed by atoms with van der Waals surface area (Å²) in [4.78, 5) is 34.5. The number of rotatable bonds is 9. The molecule has 0 atom stereocenters. The van der Waals surface area contributed by atoms with Crippen LogP contribution < -0.4 is 24.5 Å². The van der Waals surface area contributed by atoms with E-state index < -0.39 is 0 Å². The number of carbonyl (C=O) groups is 1. The number of nitrogens with zero attached hydrogens (tertiary/aromatic N) is 2. The smallest absolute Gasteiger partial charge is 0.258 e. The van der Waals surface area contributed by atoms with Crippen LogP contribution in [0.25, 0.3) is 10.9 Å². The number of nitrogens with one attached hydrogen (secondary N) is 1. The molecule has 1 heterocycles. The van der Waals surface area contributed by atoms with E-state index in [4.69, 9.17) is 18.9 Å². The van der Waals surface area contributed by atoms with Gasteiger partial charge in [-0.25, -0.2) is 4.98 Å². The highest BCUT2D eigenvalue weighted by atomic mass is 16.5. The van der Waals surface area contributed by atoms with Crippen molar-refractivity contribution in [1.29, 1.82) is 0 Å². The van der Waals surface area contributed by atoms with Gasteiger partial charge in [-0.05, 0) is 19.1 Å². The Morgan fingerprint density at radius 2 is 1.66 bits per heavy atom. The molecule has 9 nitrogen and oxygen atoms in total. The van der Waals surface area contributed by atoms with Crippen LogP contribution in [0, 0.1) is 0 Å². The normalized spacial score (nSPS) is 10.7. The average Bonchev–Trinajstić information content (AvgIpc) is 2.81. The summed E-state index contributed by atoms with van der Waals surface area (Å²) in [7, 11) is 6.14. The minimum atomic E-state index is -0.314. The molecule has 2 aromatic carbocycles. The third-order valence-corrected chi connectivity index (χ3v) is 5.17. The van der Waals surface area contributed by atoms with Crippen molar-refractivity contribution in [1.82, 2.24) is 14.9 Å². The molecule has 0 unspecified atom stereocenters. The second-order valence-corrected chi connectivity index (χ2v) is 7.00. The van der Waals surface area contributed by atoms with Crippen LogP contribution in [-0.4, -0.2) is 55.8 Å². The Morgan fingerprint density at radius 3 is 2.28 bits per heavy atom. The fourth-order valence-electron chi connectivity index (χ4n) is 3.42. The summed E-state index contributed by atoms with van der Waals surface area (Å²) < 4.78 is 21.2. The molecule has 32 heavy (non-hydrogen) atoms. The van der Waals surface area contributed by atoms with E-state index in [2.05, 4.69) is 9.97 Å². The van der Waals surface area contributed by atoms with Gasteiger partial charge in [0.05, 0.1) is 52.3 Å². The first-order valence-corrected chi connectivity index (χ1v) is 10.1. The summed E-state index contributed by atoms with van der Waals surface area (Å²) in [5.74, 6) is 2.40. The Kier molecular flexibility index (Phi) is 7.19. The molecule has 0 bridgehead atoms. The molecule has 0 fully saturated rings. The fraction of sp³-hybridized carbons (Fsp3) is 0.348. The van der Waals surface area contributed by atoms with Crippen LogP contribution in [0.1, 0.15) is 18.3 Å². The highest BCUT2D eigenvalue weighted by molar-refractivity contribution is 5.82. The number of aromatic amines is 1. The molecule has 0 aliphatic carbocycles. The first-order valence-electron chi connectivity index (χ1n) is 10.1. The Labute approximate surface area is 185 Å². The fourth-order valence-corrected chi connectivity index (χ4v) is 3.42. The van der Waals surface area contributed by atoms with Crippen LogP contribution in [0.5, 0.6) is 23.0 Å². The molecule has 0 aliphatic rings. The van der Waals surface area contributed by atoms with Crippen LogP contribution in [0.15, 0.2) is 35.1 Å². The van der Waals surface area contributed by atoms with Crippen molar-refractivity contribution in [2.45, 2.75) is 19.9 Å². The second-order valence-electron chi connectivity index (χ2n) is 7.00. The number of fused-ring (bicyclic) bond motifs is 1. The zero-order chi connectivity index (χ0) is 23.3. The number of methoxy groups -OCH3 is 4. The number of aromatic nitrogens is 2. The summed E-state index contributed by atoms with van der Waals surface area (Å²) in [6.07, 6.45) is 0.143. The molecule has 1 amide bonds. The van der Waals surface area contributed by atoms with Crippen molar-refractivity contribution in [3.63, 3.8) is 0 Å². The molecule has 0 radical (unpaired) electrons. The molecule has 1 N–H and O–H groups in total. The van der Waals surface area contributed by atoms with Crippen molar-refractivity contribution < 1.29 is 23.7 Å². The molecule has 0 aliphatic heterocycles. The summed E-state index contributed by atoms with van der Waals surface area (Å²) in [6, 6.07) is 8.56. The zero-order valence-electron chi connectivity index (χ0n) is 18.9. The molecular formula is C23H27N3O6. The van der Waals surface area contributed by atoms with Gasteiger partial charge in [-0.1, -0.05) is 6.07 Å². The Hall–Kier alpha value is -3.75. The van der Waals surface area contributed by atoms with Gasteiger partial charge in [0.1, 0.15) is 17.3 Å². The van der Waals surface area contributed by atoms with Gasteiger partial charge in [-0.2, -0.15) is 0 Å². The summed E-state index contributed by atoms with van der Waals surface area (Å²) in [5.41, 5.74) is 0.890. The average molecular weight is 441 g/mol. The van der Waals surface area contributed by atoms with E-state index >= 15 is 0 Å². The predicted octanol–water partition coefficient (Wildman–Crippen LogP) is 2.55. The van der Waals surface area contributed by atoms with Gasteiger partial charge in [-0.3, -0.25) is 9.59 Å². The monoisotopic (exact) mass is 441 g/mol. The Bertz CT molecular complexity index is 1170. The van der Waals surface area contributed by atoms with E-state index in [0.717, 1.165) is 5.56 Å². The molecule has 1 aromatic heterocycles. The van der Waals surface area contributed by atoms with E-state index in [0.29, 0.717) is 46.3 Å². The lowest BCUT2D eigenvalue weighted by Gasteiger charge is -2.21. The summed E-state index contributed by atoms with van der Waals surface area (Å²) in [5, 5.41) is 0.378. The lowest BCUT2D eigenvalue weighted by Crippen LogP contribution is -2.33. The molecular weight excluding hydrogens is 414 g/mol. The van der Waals surface area contributed by atoms with Gasteiger partial charge in [0.25, 0.3) is 5.56 Å². The van der Waals surface area contributed by atoms with Gasteiger partial charge in [0.2, 0.25) is 5.91 Å². The van der Waals surface area contributed by atoms with E-state index in [9.17, 15) is 9.59 Å². The molecule has 170 valence electrons. The third kappa shape index (κ3) is 4.77. The first kappa shape index (κ1) is 22.9. The van der Waals surface area contributed by atoms with Crippen molar-refractivity contribution >= 4 is 16.8 Å². The van der Waals surface area contributed by atoms with Gasteiger partial charge < -0.3 is 28.8 Å². The van der Waals surface area contributed by atoms with Gasteiger partial charge >= 0.3 is 0 Å². The van der Waals surface area contributed by atoms with Crippen molar-refractivity contribution in [2.75, 3.05) is 35.0 Å². The zero-order valence-corrected chi connectivity index (χ0v) is 18.9. The number of benzene rings is 2. The van der Waals surface area contributed by atoms with Gasteiger partial charge in [0.15, 0.2) is 11.5 Å². The Morgan fingerprint density at radius 1 is 0.969 bits per heavy atom. The summed E-state index contributed by atoms with van der Waals surface area (Å²) in [6.45, 7) is 2.48. The van der Waals surface area contributed by atoms with Gasteiger partial charge in [-0.15, -0.1) is 0 Å². The minimum absolute atomic E-state index is 0.119. The highest BCUT2D eigenvalue weighted by Crippen LogP contribution is 2.30. The number of hydrogen-bond donors (Lipinski definition) is 1. The lowest BCUT2D eigenvalue weighted by molar-refractivity contribution is -0.131. The van der Waals surface area contributed by atoms with Crippen molar-refractivity contribution in [3.05, 3.63) is 52.1 Å². The Balaban J connectivity index is 1.86.